The molecule has 0 aliphatic carbocycles. The SMILES string of the molecule is CN(CCCc1cc(-c2ccccc2)no1)C(=O)c1ccc(CS(C)(=O)=O)cc1. The summed E-state index contributed by atoms with van der Waals surface area (Å²) in [6, 6.07) is 18.5. The zero-order valence-corrected chi connectivity index (χ0v) is 17.4. The quantitative estimate of drug-likeness (QED) is 0.565. The van der Waals surface area contributed by atoms with Crippen LogP contribution in [0.1, 0.15) is 28.1 Å². The van der Waals surface area contributed by atoms with Gasteiger partial charge in [0, 0.05) is 43.5 Å². The average Bonchev–Trinajstić information content (AvgIpc) is 3.16. The van der Waals surface area contributed by atoms with E-state index in [4.69, 9.17) is 4.52 Å². The Bertz CT molecular complexity index is 1060. The summed E-state index contributed by atoms with van der Waals surface area (Å²) in [5.74, 6) is 0.660. The molecule has 0 N–H and O–H groups in total. The molecule has 3 rings (SSSR count). The van der Waals surface area contributed by atoms with Crippen molar-refractivity contribution in [2.75, 3.05) is 19.8 Å². The van der Waals surface area contributed by atoms with Gasteiger partial charge in [0.15, 0.2) is 9.84 Å². The second-order valence-electron chi connectivity index (χ2n) is 7.14. The Labute approximate surface area is 171 Å². The minimum absolute atomic E-state index is 0.0283. The first-order valence-corrected chi connectivity index (χ1v) is 11.4. The maximum Gasteiger partial charge on any atom is 0.253 e. The van der Waals surface area contributed by atoms with Crippen LogP contribution < -0.4 is 0 Å². The summed E-state index contributed by atoms with van der Waals surface area (Å²) in [4.78, 5) is 14.2. The lowest BCUT2D eigenvalue weighted by Crippen LogP contribution is -2.28. The van der Waals surface area contributed by atoms with E-state index in [-0.39, 0.29) is 11.7 Å². The van der Waals surface area contributed by atoms with Gasteiger partial charge in [0.25, 0.3) is 5.91 Å². The first-order valence-electron chi connectivity index (χ1n) is 9.35. The maximum atomic E-state index is 12.5. The number of hydrogen-bond donors (Lipinski definition) is 0. The molecule has 0 radical (unpaired) electrons. The fourth-order valence-electron chi connectivity index (χ4n) is 3.03. The highest BCUT2D eigenvalue weighted by molar-refractivity contribution is 7.89. The Morgan fingerprint density at radius 1 is 1.07 bits per heavy atom. The third-order valence-corrected chi connectivity index (χ3v) is 5.38. The van der Waals surface area contributed by atoms with Crippen molar-refractivity contribution >= 4 is 15.7 Å². The highest BCUT2D eigenvalue weighted by Crippen LogP contribution is 2.19. The molecular formula is C22H24N2O4S. The number of aryl methyl sites for hydroxylation is 1. The summed E-state index contributed by atoms with van der Waals surface area (Å²) < 4.78 is 28.1. The van der Waals surface area contributed by atoms with Gasteiger partial charge < -0.3 is 9.42 Å². The molecule has 0 fully saturated rings. The largest absolute Gasteiger partial charge is 0.361 e. The molecule has 0 aliphatic heterocycles. The van der Waals surface area contributed by atoms with Crippen LogP contribution >= 0.6 is 0 Å². The number of carbonyl (C=O) groups is 1. The number of carbonyl (C=O) groups excluding carboxylic acids is 1. The zero-order valence-electron chi connectivity index (χ0n) is 16.5. The van der Waals surface area contributed by atoms with E-state index >= 15 is 0 Å². The molecule has 0 aliphatic rings. The van der Waals surface area contributed by atoms with Gasteiger partial charge in [-0.3, -0.25) is 4.79 Å². The van der Waals surface area contributed by atoms with Crippen LogP contribution in [0.4, 0.5) is 0 Å². The molecule has 152 valence electrons. The lowest BCUT2D eigenvalue weighted by Gasteiger charge is -2.17. The molecule has 1 amide bonds. The van der Waals surface area contributed by atoms with Crippen LogP contribution in [0.2, 0.25) is 0 Å². The number of aromatic nitrogens is 1. The van der Waals surface area contributed by atoms with Crippen molar-refractivity contribution < 1.29 is 17.7 Å². The van der Waals surface area contributed by atoms with Crippen LogP contribution in [0.5, 0.6) is 0 Å². The lowest BCUT2D eigenvalue weighted by molar-refractivity contribution is 0.0793. The molecule has 1 heterocycles. The van der Waals surface area contributed by atoms with Crippen molar-refractivity contribution in [3.05, 3.63) is 77.6 Å². The van der Waals surface area contributed by atoms with E-state index < -0.39 is 9.84 Å². The van der Waals surface area contributed by atoms with Crippen molar-refractivity contribution in [1.29, 1.82) is 0 Å². The Hall–Kier alpha value is -2.93. The number of nitrogens with zero attached hydrogens (tertiary/aromatic N) is 2. The number of amides is 1. The van der Waals surface area contributed by atoms with E-state index in [9.17, 15) is 13.2 Å². The van der Waals surface area contributed by atoms with Gasteiger partial charge in [-0.1, -0.05) is 47.6 Å². The topological polar surface area (TPSA) is 80.5 Å². The van der Waals surface area contributed by atoms with E-state index in [0.29, 0.717) is 24.1 Å². The van der Waals surface area contributed by atoms with Gasteiger partial charge >= 0.3 is 0 Å². The normalized spacial score (nSPS) is 11.4. The van der Waals surface area contributed by atoms with Gasteiger partial charge in [-0.25, -0.2) is 8.42 Å². The molecule has 0 unspecified atom stereocenters. The molecule has 0 saturated heterocycles. The van der Waals surface area contributed by atoms with Crippen LogP contribution in [-0.2, 0) is 22.0 Å². The van der Waals surface area contributed by atoms with Crippen molar-refractivity contribution in [2.24, 2.45) is 0 Å². The molecule has 0 saturated carbocycles. The zero-order chi connectivity index (χ0) is 20.9. The summed E-state index contributed by atoms with van der Waals surface area (Å²) in [5.41, 5.74) is 3.02. The monoisotopic (exact) mass is 412 g/mol. The fraction of sp³-hybridized carbons (Fsp3) is 0.273. The van der Waals surface area contributed by atoms with Gasteiger partial charge in [-0.2, -0.15) is 0 Å². The van der Waals surface area contributed by atoms with E-state index in [2.05, 4.69) is 5.16 Å². The number of benzene rings is 2. The third kappa shape index (κ3) is 6.02. The summed E-state index contributed by atoms with van der Waals surface area (Å²) >= 11 is 0. The summed E-state index contributed by atoms with van der Waals surface area (Å²) in [6.07, 6.45) is 2.62. The molecule has 0 spiro atoms. The standard InChI is InChI=1S/C22H24N2O4S/c1-24(22(25)19-12-10-17(11-13-19)16-29(2,26)27)14-6-9-20-15-21(23-28-20)18-7-4-3-5-8-18/h3-5,7-8,10-13,15H,6,9,14,16H2,1-2H3. The van der Waals surface area contributed by atoms with Crippen molar-refractivity contribution in [2.45, 2.75) is 18.6 Å². The van der Waals surface area contributed by atoms with E-state index in [1.54, 1.807) is 36.2 Å². The minimum atomic E-state index is -3.09. The molecule has 0 atom stereocenters. The van der Waals surface area contributed by atoms with Crippen LogP contribution in [0.3, 0.4) is 0 Å². The summed E-state index contributed by atoms with van der Waals surface area (Å²) in [5, 5.41) is 4.10. The smallest absolute Gasteiger partial charge is 0.253 e. The average molecular weight is 413 g/mol. The molecule has 29 heavy (non-hydrogen) atoms. The lowest BCUT2D eigenvalue weighted by atomic mass is 10.1. The predicted octanol–water partition coefficient (Wildman–Crippen LogP) is 3.59. The summed E-state index contributed by atoms with van der Waals surface area (Å²) in [6.45, 7) is 0.575. The Kier molecular flexibility index (Phi) is 6.49. The van der Waals surface area contributed by atoms with Crippen LogP contribution in [0, 0.1) is 0 Å². The number of sulfone groups is 1. The molecule has 6 nitrogen and oxygen atoms in total. The summed E-state index contributed by atoms with van der Waals surface area (Å²) in [7, 11) is -1.34. The van der Waals surface area contributed by atoms with Crippen LogP contribution in [0.25, 0.3) is 11.3 Å². The van der Waals surface area contributed by atoms with Gasteiger partial charge in [-0.05, 0) is 24.1 Å². The van der Waals surface area contributed by atoms with Crippen LogP contribution in [0.15, 0.2) is 65.2 Å². The van der Waals surface area contributed by atoms with Gasteiger partial charge in [0.1, 0.15) is 11.5 Å². The Morgan fingerprint density at radius 2 is 1.76 bits per heavy atom. The molecule has 1 aromatic heterocycles. The van der Waals surface area contributed by atoms with Gasteiger partial charge in [-0.15, -0.1) is 0 Å². The first kappa shape index (κ1) is 20.8. The Balaban J connectivity index is 1.51. The second-order valence-corrected chi connectivity index (χ2v) is 9.28. The van der Waals surface area contributed by atoms with Crippen molar-refractivity contribution in [1.82, 2.24) is 10.1 Å². The first-order chi connectivity index (χ1) is 13.8. The van der Waals surface area contributed by atoms with E-state index in [1.165, 1.54) is 6.26 Å². The highest BCUT2D eigenvalue weighted by atomic mass is 32.2. The van der Waals surface area contributed by atoms with Gasteiger partial charge in [0.2, 0.25) is 0 Å². The second kappa shape index (κ2) is 9.05. The predicted molar refractivity (Wildman–Crippen MR) is 112 cm³/mol. The van der Waals surface area contributed by atoms with E-state index in [1.807, 2.05) is 36.4 Å². The number of rotatable bonds is 8. The van der Waals surface area contributed by atoms with Gasteiger partial charge in [0.05, 0.1) is 5.75 Å². The highest BCUT2D eigenvalue weighted by Gasteiger charge is 2.13. The molecule has 0 bridgehead atoms. The molecular weight excluding hydrogens is 388 g/mol. The minimum Gasteiger partial charge on any atom is -0.361 e. The molecule has 2 aromatic carbocycles. The fourth-order valence-corrected chi connectivity index (χ4v) is 3.83. The maximum absolute atomic E-state index is 12.5. The molecule has 3 aromatic rings. The van der Waals surface area contributed by atoms with E-state index in [0.717, 1.165) is 23.4 Å². The molecule has 7 heteroatoms. The third-order valence-electron chi connectivity index (χ3n) is 4.52. The van der Waals surface area contributed by atoms with Crippen LogP contribution in [-0.4, -0.2) is 44.2 Å². The Morgan fingerprint density at radius 3 is 2.41 bits per heavy atom. The van der Waals surface area contributed by atoms with Crippen molar-refractivity contribution in [3.8, 4) is 11.3 Å². The van der Waals surface area contributed by atoms with Crippen molar-refractivity contribution in [3.63, 3.8) is 0 Å². The number of hydrogen-bond acceptors (Lipinski definition) is 5.